The van der Waals surface area contributed by atoms with E-state index in [1.165, 1.54) is 0 Å². The second kappa shape index (κ2) is 3.20. The number of pyridine rings is 1. The van der Waals surface area contributed by atoms with Gasteiger partial charge in [0.25, 0.3) is 0 Å². The number of aliphatic imine (C=N–C) groups is 1. The van der Waals surface area contributed by atoms with Crippen molar-refractivity contribution in [3.8, 4) is 0 Å². The van der Waals surface area contributed by atoms with Crippen molar-refractivity contribution in [1.82, 2.24) is 4.98 Å². The normalized spacial score (nSPS) is 21.8. The number of hydrogen-bond donors (Lipinski definition) is 0. The Balaban J connectivity index is 2.27. The minimum absolute atomic E-state index is 0.182. The molecule has 0 N–H and O–H groups in total. The topological polar surface area (TPSA) is 34.5 Å². The van der Waals surface area contributed by atoms with Gasteiger partial charge in [-0.1, -0.05) is 6.07 Å². The Bertz CT molecular complexity index is 299. The molecule has 62 valence electrons. The van der Waals surface area contributed by atoms with Gasteiger partial charge in [0.15, 0.2) is 0 Å². The fraction of sp³-hybridized carbons (Fsp3) is 0.250. The summed E-state index contributed by atoms with van der Waals surface area (Å²) in [6.07, 6.45) is 1.73. The van der Waals surface area contributed by atoms with Gasteiger partial charge in [0, 0.05) is 6.20 Å². The molecule has 12 heavy (non-hydrogen) atoms. The molecule has 1 aliphatic heterocycles. The van der Waals surface area contributed by atoms with Gasteiger partial charge in [-0.2, -0.15) is 0 Å². The van der Waals surface area contributed by atoms with Gasteiger partial charge < -0.3 is 4.74 Å². The summed E-state index contributed by atoms with van der Waals surface area (Å²) in [5.41, 5.74) is 0.808. The monoisotopic (exact) mass is 180 g/mol. The van der Waals surface area contributed by atoms with Crippen LogP contribution in [0.3, 0.4) is 0 Å². The summed E-state index contributed by atoms with van der Waals surface area (Å²) >= 11 is 0. The van der Waals surface area contributed by atoms with E-state index in [9.17, 15) is 0 Å². The van der Waals surface area contributed by atoms with E-state index in [0.29, 0.717) is 12.5 Å². The minimum atomic E-state index is 0.182. The van der Waals surface area contributed by atoms with Crippen LogP contribution in [-0.2, 0) is 4.74 Å². The van der Waals surface area contributed by atoms with E-state index in [2.05, 4.69) is 19.2 Å². The lowest BCUT2D eigenvalue weighted by atomic mass is 10.3. The molecule has 0 bridgehead atoms. The van der Waals surface area contributed by atoms with Crippen molar-refractivity contribution in [2.75, 3.05) is 6.61 Å². The lowest BCUT2D eigenvalue weighted by molar-refractivity contribution is 0.340. The fourth-order valence-corrected chi connectivity index (χ4v) is 1.25. The first-order valence-corrected chi connectivity index (χ1v) is 4.40. The molecule has 1 aliphatic rings. The number of aromatic nitrogens is 1. The van der Waals surface area contributed by atoms with Crippen LogP contribution in [-0.4, -0.2) is 23.3 Å². The Morgan fingerprint density at radius 3 is 3.00 bits per heavy atom. The molecule has 0 fully saturated rings. The van der Waals surface area contributed by atoms with E-state index in [1.807, 2.05) is 18.2 Å². The average molecular weight is 180 g/mol. The Kier molecular flexibility index (Phi) is 2.05. The maximum absolute atomic E-state index is 5.32. The van der Waals surface area contributed by atoms with E-state index in [1.54, 1.807) is 6.20 Å². The van der Waals surface area contributed by atoms with Crippen molar-refractivity contribution in [3.05, 3.63) is 30.1 Å². The molecule has 0 spiro atoms. The molecule has 4 heteroatoms. The standard InChI is InChI=1S/C8H9N2OP/c12-7-5-11-8(10-7)6-3-1-2-4-9-6/h1-4,7H,5,12H2. The van der Waals surface area contributed by atoms with Crippen molar-refractivity contribution >= 4 is 15.1 Å². The van der Waals surface area contributed by atoms with Gasteiger partial charge in [0.1, 0.15) is 18.1 Å². The number of ether oxygens (including phenoxy) is 1. The smallest absolute Gasteiger partial charge is 0.236 e. The van der Waals surface area contributed by atoms with Gasteiger partial charge >= 0.3 is 0 Å². The second-order valence-corrected chi connectivity index (χ2v) is 3.30. The van der Waals surface area contributed by atoms with Crippen LogP contribution >= 0.6 is 9.24 Å². The summed E-state index contributed by atoms with van der Waals surface area (Å²) in [7, 11) is 2.61. The van der Waals surface area contributed by atoms with Gasteiger partial charge in [-0.05, 0) is 12.1 Å². The highest BCUT2D eigenvalue weighted by molar-refractivity contribution is 7.17. The molecule has 0 saturated carbocycles. The molecule has 0 radical (unpaired) electrons. The number of rotatable bonds is 1. The third kappa shape index (κ3) is 1.46. The lowest BCUT2D eigenvalue weighted by Gasteiger charge is -1.97. The highest BCUT2D eigenvalue weighted by Gasteiger charge is 2.16. The first kappa shape index (κ1) is 7.69. The Hall–Kier alpha value is -0.950. The molecular weight excluding hydrogens is 171 g/mol. The van der Waals surface area contributed by atoms with E-state index in [4.69, 9.17) is 4.74 Å². The summed E-state index contributed by atoms with van der Waals surface area (Å²) in [5.74, 6) is 0.831. The molecule has 3 nitrogen and oxygen atoms in total. The SMILES string of the molecule is PC1COC(c2ccccn2)=N1. The third-order valence-electron chi connectivity index (χ3n) is 1.56. The first-order chi connectivity index (χ1) is 5.86. The Labute approximate surface area is 73.1 Å². The molecule has 0 saturated heterocycles. The van der Waals surface area contributed by atoms with Gasteiger partial charge in [0.05, 0.1) is 0 Å². The molecule has 1 aromatic rings. The largest absolute Gasteiger partial charge is 0.474 e. The van der Waals surface area contributed by atoms with E-state index in [-0.39, 0.29) is 5.78 Å². The van der Waals surface area contributed by atoms with Crippen LogP contribution in [0.25, 0.3) is 0 Å². The molecule has 2 heterocycles. The molecule has 0 amide bonds. The number of nitrogens with zero attached hydrogens (tertiary/aromatic N) is 2. The molecule has 2 unspecified atom stereocenters. The highest BCUT2D eigenvalue weighted by atomic mass is 31.0. The highest BCUT2D eigenvalue weighted by Crippen LogP contribution is 2.13. The van der Waals surface area contributed by atoms with E-state index < -0.39 is 0 Å². The van der Waals surface area contributed by atoms with E-state index >= 15 is 0 Å². The van der Waals surface area contributed by atoms with Crippen molar-refractivity contribution in [1.29, 1.82) is 0 Å². The second-order valence-electron chi connectivity index (χ2n) is 2.53. The quantitative estimate of drug-likeness (QED) is 0.605. The molecule has 2 rings (SSSR count). The van der Waals surface area contributed by atoms with Gasteiger partial charge in [-0.15, -0.1) is 9.24 Å². The van der Waals surface area contributed by atoms with Crippen molar-refractivity contribution in [3.63, 3.8) is 0 Å². The van der Waals surface area contributed by atoms with Gasteiger partial charge in [-0.3, -0.25) is 4.98 Å². The maximum atomic E-state index is 5.32. The first-order valence-electron chi connectivity index (χ1n) is 3.74. The molecular formula is C8H9N2OP. The summed E-state index contributed by atoms with van der Waals surface area (Å²) in [6.45, 7) is 0.635. The Morgan fingerprint density at radius 1 is 1.50 bits per heavy atom. The summed E-state index contributed by atoms with van der Waals surface area (Å²) in [5, 5.41) is 0. The van der Waals surface area contributed by atoms with Gasteiger partial charge in [-0.25, -0.2) is 4.99 Å². The van der Waals surface area contributed by atoms with Crippen molar-refractivity contribution < 1.29 is 4.74 Å². The van der Waals surface area contributed by atoms with Crippen LogP contribution < -0.4 is 0 Å². The molecule has 2 atom stereocenters. The maximum Gasteiger partial charge on any atom is 0.236 e. The zero-order valence-corrected chi connectivity index (χ0v) is 7.63. The van der Waals surface area contributed by atoms with E-state index in [0.717, 1.165) is 5.69 Å². The zero-order valence-electron chi connectivity index (χ0n) is 6.47. The summed E-state index contributed by atoms with van der Waals surface area (Å²) in [4.78, 5) is 8.38. The molecule has 0 aromatic carbocycles. The van der Waals surface area contributed by atoms with Crippen molar-refractivity contribution in [2.24, 2.45) is 4.99 Å². The van der Waals surface area contributed by atoms with Crippen molar-refractivity contribution in [2.45, 2.75) is 5.78 Å². The Morgan fingerprint density at radius 2 is 2.42 bits per heavy atom. The predicted molar refractivity (Wildman–Crippen MR) is 50.2 cm³/mol. The zero-order chi connectivity index (χ0) is 8.39. The van der Waals surface area contributed by atoms with Crippen LogP contribution in [0.5, 0.6) is 0 Å². The van der Waals surface area contributed by atoms with Crippen LogP contribution in [0.4, 0.5) is 0 Å². The fourth-order valence-electron chi connectivity index (χ4n) is 1.02. The third-order valence-corrected chi connectivity index (χ3v) is 1.90. The predicted octanol–water partition coefficient (Wildman–Crippen LogP) is 1.06. The van der Waals surface area contributed by atoms with Crippen LogP contribution in [0.2, 0.25) is 0 Å². The summed E-state index contributed by atoms with van der Waals surface area (Å²) < 4.78 is 5.32. The van der Waals surface area contributed by atoms with Gasteiger partial charge in [0.2, 0.25) is 5.90 Å². The average Bonchev–Trinajstić information content (AvgIpc) is 2.54. The summed E-state index contributed by atoms with van der Waals surface area (Å²) in [6, 6.07) is 5.68. The minimum Gasteiger partial charge on any atom is -0.474 e. The van der Waals surface area contributed by atoms with Crippen LogP contribution in [0.1, 0.15) is 5.69 Å². The molecule has 0 aliphatic carbocycles. The van der Waals surface area contributed by atoms with Crippen LogP contribution in [0.15, 0.2) is 29.4 Å². The number of hydrogen-bond acceptors (Lipinski definition) is 3. The van der Waals surface area contributed by atoms with Crippen LogP contribution in [0, 0.1) is 0 Å². The lowest BCUT2D eigenvalue weighted by Crippen LogP contribution is -2.02. The molecule has 1 aromatic heterocycles.